The molecule has 0 amide bonds. The van der Waals surface area contributed by atoms with Crippen LogP contribution in [0.15, 0.2) is 53.4 Å². The molecule has 2 aromatic rings. The third-order valence-corrected chi connectivity index (χ3v) is 5.86. The average Bonchev–Trinajstić information content (AvgIpc) is 2.56. The summed E-state index contributed by atoms with van der Waals surface area (Å²) < 4.78 is 25.5. The van der Waals surface area contributed by atoms with Crippen molar-refractivity contribution < 1.29 is 13.2 Å². The van der Waals surface area contributed by atoms with E-state index in [1.54, 1.807) is 26.0 Å². The smallest absolute Gasteiger partial charge is 0.179 e. The minimum Gasteiger partial charge on any atom is -0.303 e. The fraction of sp³-hybridized carbons (Fsp3) is 0.381. The molecule has 0 atom stereocenters. The van der Waals surface area contributed by atoms with Gasteiger partial charge in [-0.1, -0.05) is 75.7 Å². The normalized spacial score (nSPS) is 11.4. The van der Waals surface area contributed by atoms with Gasteiger partial charge in [0.15, 0.2) is 9.84 Å². The Bertz CT molecular complexity index is 791. The molecule has 0 saturated heterocycles. The van der Waals surface area contributed by atoms with Crippen molar-refractivity contribution in [2.24, 2.45) is 5.41 Å². The Labute approximate surface area is 152 Å². The van der Waals surface area contributed by atoms with Crippen LogP contribution in [0.2, 0.25) is 0 Å². The maximum Gasteiger partial charge on any atom is 0.179 e. The monoisotopic (exact) mass is 360 g/mol. The van der Waals surface area contributed by atoms with Crippen LogP contribution in [-0.2, 0) is 21.1 Å². The van der Waals surface area contributed by atoms with Crippen molar-refractivity contribution in [1.82, 2.24) is 0 Å². The number of hydrogen-bond acceptors (Lipinski definition) is 3. The van der Waals surface area contributed by atoms with Crippen molar-refractivity contribution in [2.75, 3.05) is 5.75 Å². The molecule has 0 aromatic heterocycles. The molecule has 0 aliphatic heterocycles. The zero-order valence-electron chi connectivity index (χ0n) is 15.7. The summed E-state index contributed by atoms with van der Waals surface area (Å²) >= 11 is 0. The lowest BCUT2D eigenvalue weighted by molar-refractivity contribution is -0.113. The number of benzene rings is 2. The molecule has 25 heavy (non-hydrogen) atoms. The van der Waals surface area contributed by atoms with Crippen LogP contribution in [0.1, 0.15) is 44.4 Å². The van der Waals surface area contributed by atoms with E-state index in [9.17, 15) is 13.2 Å². The van der Waals surface area contributed by atoms with Gasteiger partial charge in [0.1, 0.15) is 6.29 Å². The summed E-state index contributed by atoms with van der Waals surface area (Å²) in [6.45, 7) is 9.23. The largest absolute Gasteiger partial charge is 0.303 e. The van der Waals surface area contributed by atoms with E-state index < -0.39 is 15.3 Å². The molecule has 136 valence electrons. The second-order valence-electron chi connectivity index (χ2n) is 6.64. The lowest BCUT2D eigenvalue weighted by Crippen LogP contribution is -2.26. The number of aldehydes is 1. The lowest BCUT2D eigenvalue weighted by Gasteiger charge is -2.18. The second-order valence-corrected chi connectivity index (χ2v) is 8.60. The molecule has 2 aromatic carbocycles. The van der Waals surface area contributed by atoms with Gasteiger partial charge in [-0.25, -0.2) is 8.42 Å². The van der Waals surface area contributed by atoms with Gasteiger partial charge >= 0.3 is 0 Å². The van der Waals surface area contributed by atoms with Gasteiger partial charge in [-0.3, -0.25) is 0 Å². The van der Waals surface area contributed by atoms with Gasteiger partial charge < -0.3 is 4.79 Å². The highest BCUT2D eigenvalue weighted by Gasteiger charge is 2.28. The molecule has 0 unspecified atom stereocenters. The molecule has 0 radical (unpaired) electrons. The van der Waals surface area contributed by atoms with Gasteiger partial charge in [0.25, 0.3) is 0 Å². The van der Waals surface area contributed by atoms with Gasteiger partial charge in [-0.2, -0.15) is 0 Å². The fourth-order valence-corrected chi connectivity index (χ4v) is 4.58. The third-order valence-electron chi connectivity index (χ3n) is 3.67. The van der Waals surface area contributed by atoms with Crippen LogP contribution in [-0.4, -0.2) is 20.5 Å². The average molecular weight is 361 g/mol. The minimum atomic E-state index is -3.53. The molecule has 4 heteroatoms. The fourth-order valence-electron chi connectivity index (χ4n) is 2.57. The van der Waals surface area contributed by atoms with Crippen molar-refractivity contribution in [3.8, 4) is 0 Å². The second kappa shape index (κ2) is 8.95. The maximum atomic E-state index is 12.8. The van der Waals surface area contributed by atoms with E-state index in [4.69, 9.17) is 0 Å². The number of hydrogen-bond donors (Lipinski definition) is 0. The molecule has 2 rings (SSSR count). The Kier molecular flexibility index (Phi) is 7.56. The molecule has 3 nitrogen and oxygen atoms in total. The number of rotatable bonds is 6. The molecule has 0 aliphatic rings. The molecule has 0 N–H and O–H groups in total. The number of carbonyl (C=O) groups is 1. The summed E-state index contributed by atoms with van der Waals surface area (Å²) in [5, 5.41) is 0. The summed E-state index contributed by atoms with van der Waals surface area (Å²) in [7, 11) is -3.53. The summed E-state index contributed by atoms with van der Waals surface area (Å²) in [5.74, 6) is -0.186. The van der Waals surface area contributed by atoms with Crippen molar-refractivity contribution in [1.29, 1.82) is 0 Å². The predicted molar refractivity (Wildman–Crippen MR) is 104 cm³/mol. The Morgan fingerprint density at radius 1 is 1.00 bits per heavy atom. The molecule has 0 aliphatic carbocycles. The molecule has 0 bridgehead atoms. The lowest BCUT2D eigenvalue weighted by atomic mass is 10.00. The van der Waals surface area contributed by atoms with Crippen LogP contribution < -0.4 is 0 Å². The van der Waals surface area contributed by atoms with Crippen LogP contribution in [0.5, 0.6) is 0 Å². The molecular formula is C21H28O3S. The van der Waals surface area contributed by atoms with Crippen molar-refractivity contribution in [2.45, 2.75) is 45.9 Å². The molecule has 0 heterocycles. The van der Waals surface area contributed by atoms with Crippen molar-refractivity contribution in [3.05, 3.63) is 65.2 Å². The Balaban J connectivity index is 0.00000151. The van der Waals surface area contributed by atoms with Crippen LogP contribution >= 0.6 is 0 Å². The van der Waals surface area contributed by atoms with Gasteiger partial charge in [-0.05, 0) is 30.5 Å². The van der Waals surface area contributed by atoms with Crippen LogP contribution in [0.25, 0.3) is 0 Å². The van der Waals surface area contributed by atoms with Crippen molar-refractivity contribution >= 4 is 16.1 Å². The first kappa shape index (κ1) is 21.1. The quantitative estimate of drug-likeness (QED) is 0.707. The topological polar surface area (TPSA) is 51.2 Å². The van der Waals surface area contributed by atoms with E-state index in [0.29, 0.717) is 17.6 Å². The highest BCUT2D eigenvalue weighted by Crippen LogP contribution is 2.26. The van der Waals surface area contributed by atoms with Crippen molar-refractivity contribution in [3.63, 3.8) is 0 Å². The number of aryl methyl sites for hydroxylation is 1. The standard InChI is InChI=1S/C19H22O3S.C2H6/c1-15-9-10-18(23(21,22)14-19(2,3)13-20)17(11-15)12-16-7-5-4-6-8-16;1-2/h4-11,13H,12,14H2,1-3H3;1-2H3. The first-order valence-electron chi connectivity index (χ1n) is 8.56. The van der Waals surface area contributed by atoms with E-state index in [1.807, 2.05) is 57.2 Å². The minimum absolute atomic E-state index is 0.186. The molecule has 0 fully saturated rings. The highest BCUT2D eigenvalue weighted by molar-refractivity contribution is 7.91. The predicted octanol–water partition coefficient (Wildman–Crippen LogP) is 4.61. The summed E-state index contributed by atoms with van der Waals surface area (Å²) in [5.41, 5.74) is 1.96. The van der Waals surface area contributed by atoms with Crippen LogP contribution in [0.4, 0.5) is 0 Å². The first-order chi connectivity index (χ1) is 11.7. The zero-order chi connectivity index (χ0) is 19.1. The van der Waals surface area contributed by atoms with Gasteiger partial charge in [-0.15, -0.1) is 0 Å². The highest BCUT2D eigenvalue weighted by atomic mass is 32.2. The van der Waals surface area contributed by atoms with Gasteiger partial charge in [0, 0.05) is 5.41 Å². The van der Waals surface area contributed by atoms with Crippen LogP contribution in [0, 0.1) is 12.3 Å². The third kappa shape index (κ3) is 6.13. The van der Waals surface area contributed by atoms with Crippen LogP contribution in [0.3, 0.4) is 0 Å². The van der Waals surface area contributed by atoms with Gasteiger partial charge in [0.2, 0.25) is 0 Å². The Morgan fingerprint density at radius 3 is 2.16 bits per heavy atom. The van der Waals surface area contributed by atoms with E-state index in [-0.39, 0.29) is 5.75 Å². The summed E-state index contributed by atoms with van der Waals surface area (Å²) in [6.07, 6.45) is 1.26. The molecular weight excluding hydrogens is 332 g/mol. The summed E-state index contributed by atoms with van der Waals surface area (Å²) in [6, 6.07) is 15.1. The Hall–Kier alpha value is -1.94. The molecule has 0 saturated carbocycles. The maximum absolute atomic E-state index is 12.8. The van der Waals surface area contributed by atoms with E-state index in [0.717, 1.165) is 16.7 Å². The SMILES string of the molecule is CC.Cc1ccc(S(=O)(=O)CC(C)(C)C=O)c(Cc2ccccc2)c1. The zero-order valence-corrected chi connectivity index (χ0v) is 16.6. The molecule has 0 spiro atoms. The Morgan fingerprint density at radius 2 is 1.60 bits per heavy atom. The van der Waals surface area contributed by atoms with E-state index >= 15 is 0 Å². The van der Waals surface area contributed by atoms with E-state index in [1.165, 1.54) is 0 Å². The first-order valence-corrected chi connectivity index (χ1v) is 10.2. The van der Waals surface area contributed by atoms with Gasteiger partial charge in [0.05, 0.1) is 10.6 Å². The number of carbonyl (C=O) groups excluding carboxylic acids is 1. The number of sulfone groups is 1. The summed E-state index contributed by atoms with van der Waals surface area (Å²) in [4.78, 5) is 11.4. The van der Waals surface area contributed by atoms with E-state index in [2.05, 4.69) is 0 Å².